The molecule has 0 aliphatic carbocycles. The molecule has 0 radical (unpaired) electrons. The summed E-state index contributed by atoms with van der Waals surface area (Å²) < 4.78 is 11.2. The van der Waals surface area contributed by atoms with Gasteiger partial charge in [0, 0.05) is 17.5 Å². The van der Waals surface area contributed by atoms with Crippen molar-refractivity contribution in [3.63, 3.8) is 0 Å². The summed E-state index contributed by atoms with van der Waals surface area (Å²) in [5.41, 5.74) is 2.70. The Balaban J connectivity index is 1.32. The Labute approximate surface area is 185 Å². The van der Waals surface area contributed by atoms with Gasteiger partial charge >= 0.3 is 0 Å². The van der Waals surface area contributed by atoms with E-state index < -0.39 is 0 Å². The predicted molar refractivity (Wildman–Crippen MR) is 123 cm³/mol. The molecule has 156 valence electrons. The molecule has 1 amide bonds. The van der Waals surface area contributed by atoms with E-state index in [-0.39, 0.29) is 12.3 Å². The van der Waals surface area contributed by atoms with Crippen molar-refractivity contribution in [2.45, 2.75) is 12.8 Å². The highest BCUT2D eigenvalue weighted by Crippen LogP contribution is 2.31. The number of amides is 1. The Kier molecular flexibility index (Phi) is 6.59. The highest BCUT2D eigenvalue weighted by molar-refractivity contribution is 7.09. The van der Waals surface area contributed by atoms with E-state index in [0.717, 1.165) is 17.1 Å². The van der Waals surface area contributed by atoms with E-state index in [4.69, 9.17) is 9.47 Å². The lowest BCUT2D eigenvalue weighted by atomic mass is 10.2. The average molecular weight is 431 g/mol. The van der Waals surface area contributed by atoms with Crippen molar-refractivity contribution in [2.75, 3.05) is 12.4 Å². The molecule has 0 unspecified atom stereocenters. The van der Waals surface area contributed by atoms with Crippen LogP contribution in [0.3, 0.4) is 0 Å². The van der Waals surface area contributed by atoms with Crippen LogP contribution in [-0.4, -0.2) is 18.0 Å². The Morgan fingerprint density at radius 1 is 0.935 bits per heavy atom. The number of thiazole rings is 1. The maximum absolute atomic E-state index is 12.4. The lowest BCUT2D eigenvalue weighted by Gasteiger charge is -2.10. The summed E-state index contributed by atoms with van der Waals surface area (Å²) in [6.45, 7) is 0. The summed E-state index contributed by atoms with van der Waals surface area (Å²) in [6.07, 6.45) is 1.02. The lowest BCUT2D eigenvalue weighted by molar-refractivity contribution is -0.115. The normalized spacial score (nSPS) is 10.5. The Morgan fingerprint density at radius 3 is 2.39 bits per heavy atom. The third kappa shape index (κ3) is 5.71. The Bertz CT molecular complexity index is 1140. The first-order valence-electron chi connectivity index (χ1n) is 9.87. The van der Waals surface area contributed by atoms with Crippen LogP contribution in [0.25, 0.3) is 0 Å². The highest BCUT2D eigenvalue weighted by Gasteiger charge is 2.10. The van der Waals surface area contributed by atoms with Crippen molar-refractivity contribution < 1.29 is 14.3 Å². The number of carbonyl (C=O) groups excluding carboxylic acids is 1. The van der Waals surface area contributed by atoms with Crippen LogP contribution in [0.4, 0.5) is 5.69 Å². The third-order valence-electron chi connectivity index (χ3n) is 4.57. The molecule has 1 N–H and O–H groups in total. The fourth-order valence-electron chi connectivity index (χ4n) is 3.09. The maximum Gasteiger partial charge on any atom is 0.230 e. The second-order valence-corrected chi connectivity index (χ2v) is 7.84. The predicted octanol–water partition coefficient (Wildman–Crippen LogP) is 5.72. The standard InChI is InChI=1S/C25H22N2O3S/c1-29-22-9-5-6-10-23(22)30-21-13-11-19(12-14-21)26-24(28)16-20-17-31-25(27-20)15-18-7-3-2-4-8-18/h2-14,17H,15-16H2,1H3,(H,26,28). The van der Waals surface area contributed by atoms with Crippen LogP contribution in [0.2, 0.25) is 0 Å². The number of carbonyl (C=O) groups is 1. The summed E-state index contributed by atoms with van der Waals surface area (Å²) in [5.74, 6) is 1.86. The van der Waals surface area contributed by atoms with E-state index >= 15 is 0 Å². The van der Waals surface area contributed by atoms with Gasteiger partial charge < -0.3 is 14.8 Å². The number of ether oxygens (including phenoxy) is 2. The van der Waals surface area contributed by atoms with Crippen LogP contribution in [0.5, 0.6) is 17.2 Å². The van der Waals surface area contributed by atoms with Gasteiger partial charge in [-0.2, -0.15) is 0 Å². The van der Waals surface area contributed by atoms with Crippen LogP contribution in [-0.2, 0) is 17.6 Å². The van der Waals surface area contributed by atoms with Crippen molar-refractivity contribution in [3.8, 4) is 17.2 Å². The van der Waals surface area contributed by atoms with Crippen molar-refractivity contribution in [1.82, 2.24) is 4.98 Å². The number of anilines is 1. The minimum Gasteiger partial charge on any atom is -0.493 e. The molecule has 3 aromatic carbocycles. The minimum absolute atomic E-state index is 0.102. The zero-order valence-electron chi connectivity index (χ0n) is 17.1. The number of aromatic nitrogens is 1. The molecule has 1 heterocycles. The van der Waals surface area contributed by atoms with Gasteiger partial charge in [0.05, 0.1) is 24.2 Å². The number of nitrogens with zero attached hydrogens (tertiary/aromatic N) is 1. The molecular weight excluding hydrogens is 408 g/mol. The molecule has 0 bridgehead atoms. The van der Waals surface area contributed by atoms with Gasteiger partial charge in [0.2, 0.25) is 5.91 Å². The zero-order valence-corrected chi connectivity index (χ0v) is 17.9. The van der Waals surface area contributed by atoms with E-state index in [1.165, 1.54) is 5.56 Å². The van der Waals surface area contributed by atoms with Gasteiger partial charge in [0.15, 0.2) is 11.5 Å². The quantitative estimate of drug-likeness (QED) is 0.389. The largest absolute Gasteiger partial charge is 0.493 e. The van der Waals surface area contributed by atoms with Crippen LogP contribution >= 0.6 is 11.3 Å². The molecular formula is C25H22N2O3S. The van der Waals surface area contributed by atoms with Crippen molar-refractivity contribution >= 4 is 22.9 Å². The fraction of sp³-hybridized carbons (Fsp3) is 0.120. The van der Waals surface area contributed by atoms with E-state index in [9.17, 15) is 4.79 Å². The first kappa shape index (κ1) is 20.6. The van der Waals surface area contributed by atoms with Crippen molar-refractivity contribution in [3.05, 3.63) is 101 Å². The number of para-hydroxylation sites is 2. The smallest absolute Gasteiger partial charge is 0.230 e. The molecule has 4 aromatic rings. The monoisotopic (exact) mass is 430 g/mol. The molecule has 0 aliphatic heterocycles. The van der Waals surface area contributed by atoms with Crippen LogP contribution in [0.15, 0.2) is 84.2 Å². The summed E-state index contributed by atoms with van der Waals surface area (Å²) in [4.78, 5) is 17.0. The molecule has 4 rings (SSSR count). The first-order chi connectivity index (χ1) is 15.2. The zero-order chi connectivity index (χ0) is 21.5. The SMILES string of the molecule is COc1ccccc1Oc1ccc(NC(=O)Cc2csc(Cc3ccccc3)n2)cc1. The number of methoxy groups -OCH3 is 1. The number of hydrogen-bond acceptors (Lipinski definition) is 5. The topological polar surface area (TPSA) is 60.5 Å². The summed E-state index contributed by atoms with van der Waals surface area (Å²) in [7, 11) is 1.60. The lowest BCUT2D eigenvalue weighted by Crippen LogP contribution is -2.14. The van der Waals surface area contributed by atoms with Crippen LogP contribution < -0.4 is 14.8 Å². The highest BCUT2D eigenvalue weighted by atomic mass is 32.1. The first-order valence-corrected chi connectivity index (χ1v) is 10.8. The summed E-state index contributed by atoms with van der Waals surface area (Å²) >= 11 is 1.58. The third-order valence-corrected chi connectivity index (χ3v) is 5.47. The number of nitrogens with one attached hydrogen (secondary N) is 1. The summed E-state index contributed by atoms with van der Waals surface area (Å²) in [6, 6.07) is 24.9. The van der Waals surface area contributed by atoms with E-state index in [2.05, 4.69) is 22.4 Å². The summed E-state index contributed by atoms with van der Waals surface area (Å²) in [5, 5.41) is 5.86. The molecule has 0 fully saturated rings. The molecule has 31 heavy (non-hydrogen) atoms. The van der Waals surface area contributed by atoms with Gasteiger partial charge in [-0.15, -0.1) is 11.3 Å². The molecule has 0 atom stereocenters. The number of rotatable bonds is 8. The maximum atomic E-state index is 12.4. The van der Waals surface area contributed by atoms with Gasteiger partial charge in [0.25, 0.3) is 0 Å². The van der Waals surface area contributed by atoms with Crippen LogP contribution in [0, 0.1) is 0 Å². The second-order valence-electron chi connectivity index (χ2n) is 6.90. The van der Waals surface area contributed by atoms with Crippen LogP contribution in [0.1, 0.15) is 16.3 Å². The molecule has 1 aromatic heterocycles. The fourth-order valence-corrected chi connectivity index (χ4v) is 3.92. The van der Waals surface area contributed by atoms with Gasteiger partial charge in [-0.05, 0) is 42.0 Å². The van der Waals surface area contributed by atoms with Crippen molar-refractivity contribution in [2.24, 2.45) is 0 Å². The molecule has 0 saturated carbocycles. The molecule has 0 saturated heterocycles. The minimum atomic E-state index is -0.102. The number of benzene rings is 3. The van der Waals surface area contributed by atoms with Gasteiger partial charge in [-0.3, -0.25) is 4.79 Å². The van der Waals surface area contributed by atoms with Gasteiger partial charge in [-0.25, -0.2) is 4.98 Å². The molecule has 0 aliphatic rings. The average Bonchev–Trinajstić information content (AvgIpc) is 3.22. The van der Waals surface area contributed by atoms with Crippen molar-refractivity contribution in [1.29, 1.82) is 0 Å². The van der Waals surface area contributed by atoms with E-state index in [0.29, 0.717) is 22.9 Å². The molecule has 0 spiro atoms. The molecule has 5 nitrogen and oxygen atoms in total. The Hall–Kier alpha value is -3.64. The number of hydrogen-bond donors (Lipinski definition) is 1. The van der Waals surface area contributed by atoms with Gasteiger partial charge in [0.1, 0.15) is 5.75 Å². The molecule has 6 heteroatoms. The van der Waals surface area contributed by atoms with E-state index in [1.54, 1.807) is 18.4 Å². The second kappa shape index (κ2) is 9.91. The van der Waals surface area contributed by atoms with Gasteiger partial charge in [-0.1, -0.05) is 42.5 Å². The van der Waals surface area contributed by atoms with E-state index in [1.807, 2.05) is 72.1 Å². The Morgan fingerprint density at radius 2 is 1.65 bits per heavy atom.